The number of fused-ring (bicyclic) bond motifs is 1. The molecule has 3 heterocycles. The number of nitrogens with zero attached hydrogens (tertiary/aromatic N) is 3. The van der Waals surface area contributed by atoms with E-state index in [4.69, 9.17) is 4.74 Å². The molecule has 0 saturated carbocycles. The van der Waals surface area contributed by atoms with E-state index in [1.807, 2.05) is 11.0 Å². The Morgan fingerprint density at radius 2 is 1.91 bits per heavy atom. The zero-order valence-electron chi connectivity index (χ0n) is 19.6. The smallest absolute Gasteiger partial charge is 0.329 e. The molecule has 180 valence electrons. The Hall–Kier alpha value is -2.45. The molecule has 1 N–H and O–H groups in total. The summed E-state index contributed by atoms with van der Waals surface area (Å²) < 4.78 is 5.27. The summed E-state index contributed by atoms with van der Waals surface area (Å²) in [6.45, 7) is 4.14. The second kappa shape index (κ2) is 11.1. The molecule has 33 heavy (non-hydrogen) atoms. The van der Waals surface area contributed by atoms with Crippen molar-refractivity contribution >= 4 is 23.5 Å². The number of hydrogen-bond donors (Lipinski definition) is 1. The number of piperidine rings is 2. The fourth-order valence-electron chi connectivity index (χ4n) is 5.57. The monoisotopic (exact) mass is 456 g/mol. The largest absolute Gasteiger partial charge is 0.383 e. The summed E-state index contributed by atoms with van der Waals surface area (Å²) in [5.74, 6) is 0.217. The van der Waals surface area contributed by atoms with Crippen molar-refractivity contribution in [3.05, 3.63) is 30.3 Å². The van der Waals surface area contributed by atoms with E-state index in [-0.39, 0.29) is 18.2 Å². The van der Waals surface area contributed by atoms with Gasteiger partial charge in [-0.05, 0) is 63.2 Å². The molecule has 3 aliphatic heterocycles. The highest BCUT2D eigenvalue weighted by Crippen LogP contribution is 2.31. The average Bonchev–Trinajstić information content (AvgIpc) is 3.13. The van der Waals surface area contributed by atoms with Crippen LogP contribution < -0.4 is 10.2 Å². The van der Waals surface area contributed by atoms with Gasteiger partial charge in [0.1, 0.15) is 6.04 Å². The van der Waals surface area contributed by atoms with Gasteiger partial charge in [-0.2, -0.15) is 0 Å². The Morgan fingerprint density at radius 3 is 2.70 bits per heavy atom. The van der Waals surface area contributed by atoms with Crippen molar-refractivity contribution in [1.82, 2.24) is 15.1 Å². The van der Waals surface area contributed by atoms with Gasteiger partial charge in [0.15, 0.2) is 0 Å². The molecule has 0 aliphatic carbocycles. The summed E-state index contributed by atoms with van der Waals surface area (Å²) >= 11 is 0. The van der Waals surface area contributed by atoms with Gasteiger partial charge >= 0.3 is 6.03 Å². The second-order valence-electron chi connectivity index (χ2n) is 9.38. The Bertz CT molecular complexity index is 831. The van der Waals surface area contributed by atoms with E-state index in [1.165, 1.54) is 38.8 Å². The molecule has 0 spiro atoms. The third-order valence-corrected chi connectivity index (χ3v) is 7.28. The number of anilines is 1. The lowest BCUT2D eigenvalue weighted by molar-refractivity contribution is -0.133. The fourth-order valence-corrected chi connectivity index (χ4v) is 5.57. The summed E-state index contributed by atoms with van der Waals surface area (Å²) in [7, 11) is 1.65. The first-order valence-corrected chi connectivity index (χ1v) is 12.3. The van der Waals surface area contributed by atoms with Crippen LogP contribution >= 0.6 is 0 Å². The number of carbonyl (C=O) groups excluding carboxylic acids is 3. The van der Waals surface area contributed by atoms with E-state index in [0.717, 1.165) is 17.9 Å². The van der Waals surface area contributed by atoms with Crippen molar-refractivity contribution in [3.63, 3.8) is 0 Å². The van der Waals surface area contributed by atoms with Crippen molar-refractivity contribution in [2.45, 2.75) is 57.0 Å². The van der Waals surface area contributed by atoms with Crippen molar-refractivity contribution in [3.8, 4) is 0 Å². The molecule has 1 aromatic rings. The van der Waals surface area contributed by atoms with Gasteiger partial charge in [0, 0.05) is 32.7 Å². The van der Waals surface area contributed by atoms with Crippen LogP contribution in [0.2, 0.25) is 0 Å². The molecule has 3 aliphatic rings. The van der Waals surface area contributed by atoms with Crippen LogP contribution in [0.15, 0.2) is 30.3 Å². The number of ether oxygens (including phenoxy) is 1. The van der Waals surface area contributed by atoms with Crippen molar-refractivity contribution < 1.29 is 19.1 Å². The van der Waals surface area contributed by atoms with Gasteiger partial charge in [-0.15, -0.1) is 0 Å². The number of carbonyl (C=O) groups is 3. The molecule has 1 aromatic carbocycles. The minimum atomic E-state index is -0.672. The Kier molecular flexibility index (Phi) is 7.98. The van der Waals surface area contributed by atoms with Crippen LogP contribution in [0, 0.1) is 5.92 Å². The van der Waals surface area contributed by atoms with E-state index in [0.29, 0.717) is 37.2 Å². The van der Waals surface area contributed by atoms with Crippen LogP contribution in [-0.2, 0) is 14.3 Å². The van der Waals surface area contributed by atoms with Gasteiger partial charge in [0.25, 0.3) is 5.91 Å². The molecule has 0 unspecified atom stereocenters. The molecular formula is C25H36N4O4. The minimum absolute atomic E-state index is 0.0280. The number of nitrogens with one attached hydrogen (secondary N) is 1. The quantitative estimate of drug-likeness (QED) is 0.578. The van der Waals surface area contributed by atoms with Gasteiger partial charge in [0.05, 0.1) is 12.3 Å². The van der Waals surface area contributed by atoms with Gasteiger partial charge in [-0.1, -0.05) is 24.6 Å². The number of para-hydroxylation sites is 1. The topological polar surface area (TPSA) is 82.2 Å². The minimum Gasteiger partial charge on any atom is -0.383 e. The summed E-state index contributed by atoms with van der Waals surface area (Å²) in [6, 6.07) is 8.35. The molecule has 4 rings (SSSR count). The Balaban J connectivity index is 1.35. The average molecular weight is 457 g/mol. The lowest BCUT2D eigenvalue weighted by Crippen LogP contribution is -2.52. The number of imide groups is 1. The number of hydrogen-bond acceptors (Lipinski definition) is 5. The van der Waals surface area contributed by atoms with Crippen LogP contribution in [0.1, 0.15) is 44.9 Å². The molecule has 3 saturated heterocycles. The van der Waals surface area contributed by atoms with Crippen LogP contribution in [0.25, 0.3) is 0 Å². The predicted octanol–water partition coefficient (Wildman–Crippen LogP) is 2.63. The summed E-state index contributed by atoms with van der Waals surface area (Å²) in [5, 5.41) is 2.74. The molecule has 3 atom stereocenters. The van der Waals surface area contributed by atoms with Crippen molar-refractivity contribution in [2.75, 3.05) is 44.8 Å². The summed E-state index contributed by atoms with van der Waals surface area (Å²) in [5.41, 5.74) is 0.546. The highest BCUT2D eigenvalue weighted by molar-refractivity contribution is 6.21. The Morgan fingerprint density at radius 1 is 1.12 bits per heavy atom. The van der Waals surface area contributed by atoms with Crippen LogP contribution in [-0.4, -0.2) is 79.6 Å². The number of benzene rings is 1. The van der Waals surface area contributed by atoms with Crippen molar-refractivity contribution in [1.29, 1.82) is 0 Å². The first-order chi connectivity index (χ1) is 16.1. The lowest BCUT2D eigenvalue weighted by Gasteiger charge is -2.45. The molecule has 8 nitrogen and oxygen atoms in total. The molecule has 0 radical (unpaired) electrons. The van der Waals surface area contributed by atoms with Gasteiger partial charge in [0.2, 0.25) is 5.91 Å². The highest BCUT2D eigenvalue weighted by atomic mass is 16.5. The van der Waals surface area contributed by atoms with E-state index in [1.54, 1.807) is 31.4 Å². The van der Waals surface area contributed by atoms with Crippen LogP contribution in [0.5, 0.6) is 0 Å². The molecule has 4 amide bonds. The zero-order valence-corrected chi connectivity index (χ0v) is 19.6. The molecule has 0 aromatic heterocycles. The summed E-state index contributed by atoms with van der Waals surface area (Å²) in [4.78, 5) is 44.1. The third kappa shape index (κ3) is 5.55. The first kappa shape index (κ1) is 23.7. The number of methoxy groups -OCH3 is 1. The van der Waals surface area contributed by atoms with Crippen molar-refractivity contribution in [2.24, 2.45) is 5.92 Å². The highest BCUT2D eigenvalue weighted by Gasteiger charge is 2.39. The van der Waals surface area contributed by atoms with E-state index in [9.17, 15) is 14.4 Å². The standard InChI is InChI=1S/C25H36N4O4/c1-33-17-16-28(18-19-8-7-15-27-14-6-5-11-22(19)27)23(30)13-12-21-24(31)29(25(32)26-21)20-9-3-2-4-10-20/h2-4,9-10,19,21-22H,5-8,11-18H2,1H3,(H,26,32)/t19-,21+,22-/m0/s1. The number of amides is 4. The summed E-state index contributed by atoms with van der Waals surface area (Å²) in [6.07, 6.45) is 6.63. The normalized spacial score (nSPS) is 25.6. The van der Waals surface area contributed by atoms with Gasteiger partial charge < -0.3 is 19.9 Å². The number of rotatable bonds is 9. The van der Waals surface area contributed by atoms with E-state index >= 15 is 0 Å². The maximum atomic E-state index is 13.2. The van der Waals surface area contributed by atoms with E-state index < -0.39 is 12.1 Å². The maximum Gasteiger partial charge on any atom is 0.329 e. The van der Waals surface area contributed by atoms with Gasteiger partial charge in [-0.25, -0.2) is 9.69 Å². The number of urea groups is 1. The zero-order chi connectivity index (χ0) is 23.2. The SMILES string of the molecule is COCCN(C[C@@H]1CCCN2CCCC[C@@H]12)C(=O)CC[C@H]1NC(=O)N(c2ccccc2)C1=O. The molecule has 3 fully saturated rings. The van der Waals surface area contributed by atoms with E-state index in [2.05, 4.69) is 10.2 Å². The maximum absolute atomic E-state index is 13.2. The first-order valence-electron chi connectivity index (χ1n) is 12.3. The van der Waals surface area contributed by atoms with Crippen LogP contribution in [0.4, 0.5) is 10.5 Å². The lowest BCUT2D eigenvalue weighted by atomic mass is 9.83. The van der Waals surface area contributed by atoms with Gasteiger partial charge in [-0.3, -0.25) is 9.59 Å². The third-order valence-electron chi connectivity index (χ3n) is 7.28. The second-order valence-corrected chi connectivity index (χ2v) is 9.38. The molecule has 0 bridgehead atoms. The molecule has 8 heteroatoms. The van der Waals surface area contributed by atoms with Crippen LogP contribution in [0.3, 0.4) is 0 Å². The fraction of sp³-hybridized carbons (Fsp3) is 0.640. The Labute approximate surface area is 196 Å². The molecular weight excluding hydrogens is 420 g/mol. The predicted molar refractivity (Wildman–Crippen MR) is 126 cm³/mol.